The zero-order chi connectivity index (χ0) is 11.5. The largest absolute Gasteiger partial charge is 0.491 e. The van der Waals surface area contributed by atoms with E-state index in [4.69, 9.17) is 10.5 Å². The Morgan fingerprint density at radius 2 is 2.50 bits per heavy atom. The van der Waals surface area contributed by atoms with Crippen LogP contribution in [0.15, 0.2) is 29.8 Å². The van der Waals surface area contributed by atoms with Gasteiger partial charge in [-0.25, -0.2) is 9.37 Å². The molecule has 84 valence electrons. The third-order valence-corrected chi connectivity index (χ3v) is 2.02. The highest BCUT2D eigenvalue weighted by Crippen LogP contribution is 2.23. The minimum Gasteiger partial charge on any atom is -0.491 e. The summed E-state index contributed by atoms with van der Waals surface area (Å²) in [5, 5.41) is 4.03. The van der Waals surface area contributed by atoms with E-state index in [0.717, 1.165) is 6.20 Å². The van der Waals surface area contributed by atoms with Crippen molar-refractivity contribution in [2.45, 2.75) is 6.42 Å². The van der Waals surface area contributed by atoms with Crippen molar-refractivity contribution in [1.82, 2.24) is 10.4 Å². The van der Waals surface area contributed by atoms with Crippen LogP contribution in [0.4, 0.5) is 4.39 Å². The molecule has 0 aromatic carbocycles. The van der Waals surface area contributed by atoms with Crippen LogP contribution in [0, 0.1) is 5.82 Å². The molecule has 1 aliphatic rings. The first-order valence-corrected chi connectivity index (χ1v) is 4.72. The molecule has 0 atom stereocenters. The minimum atomic E-state index is -0.434. The van der Waals surface area contributed by atoms with Crippen LogP contribution in [0.2, 0.25) is 0 Å². The van der Waals surface area contributed by atoms with Gasteiger partial charge in [-0.15, -0.1) is 0 Å². The molecular formula is C10H11FN4O. The van der Waals surface area contributed by atoms with Gasteiger partial charge < -0.3 is 10.5 Å². The highest BCUT2D eigenvalue weighted by atomic mass is 19.1. The van der Waals surface area contributed by atoms with Gasteiger partial charge in [-0.05, 0) is 0 Å². The van der Waals surface area contributed by atoms with Crippen LogP contribution in [-0.2, 0) is 0 Å². The number of hydrogen-bond donors (Lipinski definition) is 2. The van der Waals surface area contributed by atoms with Gasteiger partial charge in [-0.1, -0.05) is 6.58 Å². The highest BCUT2D eigenvalue weighted by molar-refractivity contribution is 6.01. The topological polar surface area (TPSA) is 72.5 Å². The lowest BCUT2D eigenvalue weighted by Crippen LogP contribution is -2.22. The number of hydrazone groups is 1. The standard InChI is InChI=1S/C10H11FN4O/c1-6(12)14-15-8-2-3-16-9-4-7(11)5-13-10(8)9/h4-5,14H,1-3,12H2/b15-8-. The van der Waals surface area contributed by atoms with E-state index in [1.165, 1.54) is 6.07 Å². The number of ether oxygens (including phenoxy) is 1. The van der Waals surface area contributed by atoms with E-state index < -0.39 is 5.82 Å². The first-order chi connectivity index (χ1) is 7.66. The summed E-state index contributed by atoms with van der Waals surface area (Å²) in [5.41, 5.74) is 9.09. The quantitative estimate of drug-likeness (QED) is 0.723. The molecule has 0 spiro atoms. The molecular weight excluding hydrogens is 211 g/mol. The van der Waals surface area contributed by atoms with Gasteiger partial charge in [0.1, 0.15) is 23.1 Å². The van der Waals surface area contributed by atoms with Crippen molar-refractivity contribution in [3.05, 3.63) is 36.2 Å². The molecule has 2 rings (SSSR count). The fraction of sp³-hybridized carbons (Fsp3) is 0.200. The Morgan fingerprint density at radius 3 is 3.25 bits per heavy atom. The lowest BCUT2D eigenvalue weighted by Gasteiger charge is -2.17. The third kappa shape index (κ3) is 2.10. The van der Waals surface area contributed by atoms with E-state index in [0.29, 0.717) is 30.2 Å². The summed E-state index contributed by atoms with van der Waals surface area (Å²) in [6, 6.07) is 1.29. The average Bonchev–Trinajstić information content (AvgIpc) is 2.25. The molecule has 16 heavy (non-hydrogen) atoms. The Morgan fingerprint density at radius 1 is 1.69 bits per heavy atom. The number of aromatic nitrogens is 1. The van der Waals surface area contributed by atoms with Gasteiger partial charge in [0.25, 0.3) is 0 Å². The zero-order valence-corrected chi connectivity index (χ0v) is 8.53. The number of nitrogens with one attached hydrogen (secondary N) is 1. The molecule has 0 bridgehead atoms. The average molecular weight is 222 g/mol. The second kappa shape index (κ2) is 4.18. The van der Waals surface area contributed by atoms with E-state index in [1.54, 1.807) is 0 Å². The maximum atomic E-state index is 12.9. The molecule has 1 aliphatic heterocycles. The van der Waals surface area contributed by atoms with Crippen LogP contribution >= 0.6 is 0 Å². The zero-order valence-electron chi connectivity index (χ0n) is 8.53. The van der Waals surface area contributed by atoms with E-state index in [9.17, 15) is 4.39 Å². The maximum Gasteiger partial charge on any atom is 0.149 e. The van der Waals surface area contributed by atoms with Crippen molar-refractivity contribution in [1.29, 1.82) is 0 Å². The van der Waals surface area contributed by atoms with Gasteiger partial charge in [-0.2, -0.15) is 5.10 Å². The van der Waals surface area contributed by atoms with Gasteiger partial charge in [0.05, 0.1) is 18.5 Å². The normalized spacial score (nSPS) is 16.4. The molecule has 2 heterocycles. The van der Waals surface area contributed by atoms with Crippen molar-refractivity contribution in [3.63, 3.8) is 0 Å². The molecule has 0 radical (unpaired) electrons. The predicted molar refractivity (Wildman–Crippen MR) is 57.3 cm³/mol. The van der Waals surface area contributed by atoms with Gasteiger partial charge >= 0.3 is 0 Å². The number of hydrogen-bond acceptors (Lipinski definition) is 5. The summed E-state index contributed by atoms with van der Waals surface area (Å²) < 4.78 is 18.2. The number of pyridine rings is 1. The highest BCUT2D eigenvalue weighted by Gasteiger charge is 2.19. The molecule has 0 amide bonds. The van der Waals surface area contributed by atoms with Crippen LogP contribution in [0.1, 0.15) is 12.1 Å². The van der Waals surface area contributed by atoms with E-state index in [-0.39, 0.29) is 5.82 Å². The number of nitrogens with two attached hydrogens (primary N) is 1. The van der Waals surface area contributed by atoms with Gasteiger partial charge in [0.15, 0.2) is 0 Å². The number of nitrogens with zero attached hydrogens (tertiary/aromatic N) is 2. The van der Waals surface area contributed by atoms with Crippen molar-refractivity contribution >= 4 is 5.71 Å². The van der Waals surface area contributed by atoms with Gasteiger partial charge in [0, 0.05) is 12.5 Å². The van der Waals surface area contributed by atoms with E-state index in [2.05, 4.69) is 22.1 Å². The first kappa shape index (κ1) is 10.4. The van der Waals surface area contributed by atoms with Crippen LogP contribution in [0.3, 0.4) is 0 Å². The fourth-order valence-corrected chi connectivity index (χ4v) is 1.37. The molecule has 3 N–H and O–H groups in total. The molecule has 0 fully saturated rings. The first-order valence-electron chi connectivity index (χ1n) is 4.72. The molecule has 6 heteroatoms. The maximum absolute atomic E-state index is 12.9. The monoisotopic (exact) mass is 222 g/mol. The Balaban J connectivity index is 2.33. The molecule has 5 nitrogen and oxygen atoms in total. The van der Waals surface area contributed by atoms with Gasteiger partial charge in [0.2, 0.25) is 0 Å². The Bertz CT molecular complexity index is 458. The van der Waals surface area contributed by atoms with Gasteiger partial charge in [-0.3, -0.25) is 5.43 Å². The fourth-order valence-electron chi connectivity index (χ4n) is 1.37. The van der Waals surface area contributed by atoms with Crippen molar-refractivity contribution in [2.75, 3.05) is 6.61 Å². The lowest BCUT2D eigenvalue weighted by molar-refractivity contribution is 0.316. The summed E-state index contributed by atoms with van der Waals surface area (Å²) in [7, 11) is 0. The minimum absolute atomic E-state index is 0.239. The Kier molecular flexibility index (Phi) is 2.72. The second-order valence-electron chi connectivity index (χ2n) is 3.29. The molecule has 0 saturated heterocycles. The van der Waals surface area contributed by atoms with Crippen LogP contribution < -0.4 is 15.9 Å². The number of fused-ring (bicyclic) bond motifs is 1. The summed E-state index contributed by atoms with van der Waals surface area (Å²) in [5.74, 6) is 0.202. The Hall–Kier alpha value is -2.11. The molecule has 0 aliphatic carbocycles. The van der Waals surface area contributed by atoms with Crippen LogP contribution in [0.25, 0.3) is 0 Å². The summed E-state index contributed by atoms with van der Waals surface area (Å²) >= 11 is 0. The third-order valence-electron chi connectivity index (χ3n) is 2.02. The predicted octanol–water partition coefficient (Wildman–Crippen LogP) is 0.727. The molecule has 1 aromatic rings. The smallest absolute Gasteiger partial charge is 0.149 e. The summed E-state index contributed by atoms with van der Waals surface area (Å²) in [4.78, 5) is 3.94. The number of rotatable bonds is 2. The summed E-state index contributed by atoms with van der Waals surface area (Å²) in [6.07, 6.45) is 1.71. The van der Waals surface area contributed by atoms with E-state index in [1.807, 2.05) is 0 Å². The second-order valence-corrected chi connectivity index (χ2v) is 3.29. The van der Waals surface area contributed by atoms with Crippen LogP contribution in [0.5, 0.6) is 5.75 Å². The van der Waals surface area contributed by atoms with E-state index >= 15 is 0 Å². The summed E-state index contributed by atoms with van der Waals surface area (Å²) in [6.45, 7) is 3.90. The van der Waals surface area contributed by atoms with Crippen molar-refractivity contribution in [3.8, 4) is 5.75 Å². The van der Waals surface area contributed by atoms with Crippen molar-refractivity contribution in [2.24, 2.45) is 10.8 Å². The SMILES string of the molecule is C=C(N)N/N=C1/CCOc2cc(F)cnc21. The van der Waals surface area contributed by atoms with Crippen LogP contribution in [-0.4, -0.2) is 17.3 Å². The van der Waals surface area contributed by atoms with Crippen molar-refractivity contribution < 1.29 is 9.13 Å². The molecule has 0 unspecified atom stereocenters. The Labute approximate surface area is 91.8 Å². The molecule has 0 saturated carbocycles. The molecule has 1 aromatic heterocycles. The lowest BCUT2D eigenvalue weighted by atomic mass is 10.1. The number of halogens is 1.